The van der Waals surface area contributed by atoms with E-state index in [4.69, 9.17) is 19.4 Å². The predicted molar refractivity (Wildman–Crippen MR) is 97.1 cm³/mol. The standard InChI is InChI=1S/C19H17N3O5/c1-22-15-5-2-11(19(24)25)8-14(15)20-17(22)10-18-21-13-4-3-12(26-7-6-23)9-16(13)27-18/h2-5,8-9,23H,6-7,10H2,1H3,(H,24,25). The quantitative estimate of drug-likeness (QED) is 0.538. The number of nitrogens with zero attached hydrogens (tertiary/aromatic N) is 3. The highest BCUT2D eigenvalue weighted by atomic mass is 16.5. The minimum Gasteiger partial charge on any atom is -0.491 e. The van der Waals surface area contributed by atoms with E-state index in [0.29, 0.717) is 34.7 Å². The Kier molecular flexibility index (Phi) is 4.25. The van der Waals surface area contributed by atoms with E-state index < -0.39 is 5.97 Å². The van der Waals surface area contributed by atoms with Gasteiger partial charge in [-0.2, -0.15) is 0 Å². The monoisotopic (exact) mass is 367 g/mol. The van der Waals surface area contributed by atoms with Gasteiger partial charge in [-0.3, -0.25) is 0 Å². The normalized spacial score (nSPS) is 11.3. The number of rotatable bonds is 6. The first-order chi connectivity index (χ1) is 13.0. The summed E-state index contributed by atoms with van der Waals surface area (Å²) in [6, 6.07) is 10.2. The molecule has 0 bridgehead atoms. The second-order valence-corrected chi connectivity index (χ2v) is 6.08. The number of aliphatic hydroxyl groups excluding tert-OH is 1. The number of carbonyl (C=O) groups is 1. The molecule has 0 saturated heterocycles. The van der Waals surface area contributed by atoms with E-state index in [-0.39, 0.29) is 18.8 Å². The van der Waals surface area contributed by atoms with Gasteiger partial charge < -0.3 is 23.9 Å². The number of fused-ring (bicyclic) bond motifs is 2. The minimum atomic E-state index is -0.984. The number of carboxylic acid groups (broad SMARTS) is 1. The van der Waals surface area contributed by atoms with Gasteiger partial charge in [0.05, 0.1) is 29.6 Å². The smallest absolute Gasteiger partial charge is 0.335 e. The van der Waals surface area contributed by atoms with Crippen LogP contribution in [0.3, 0.4) is 0 Å². The summed E-state index contributed by atoms with van der Waals surface area (Å²) in [5, 5.41) is 18.0. The highest BCUT2D eigenvalue weighted by Crippen LogP contribution is 2.24. The Morgan fingerprint density at radius 1 is 1.19 bits per heavy atom. The van der Waals surface area contributed by atoms with Gasteiger partial charge in [0.2, 0.25) is 5.89 Å². The molecule has 2 aromatic heterocycles. The van der Waals surface area contributed by atoms with Gasteiger partial charge in [-0.05, 0) is 30.3 Å². The zero-order valence-corrected chi connectivity index (χ0v) is 14.5. The van der Waals surface area contributed by atoms with E-state index in [9.17, 15) is 4.79 Å². The van der Waals surface area contributed by atoms with Gasteiger partial charge in [0.25, 0.3) is 0 Å². The number of aliphatic hydroxyl groups is 1. The van der Waals surface area contributed by atoms with Crippen LogP contribution >= 0.6 is 0 Å². The van der Waals surface area contributed by atoms with Crippen LogP contribution in [0.2, 0.25) is 0 Å². The third-order valence-corrected chi connectivity index (χ3v) is 4.29. The molecule has 4 rings (SSSR count). The van der Waals surface area contributed by atoms with Gasteiger partial charge in [0, 0.05) is 13.1 Å². The van der Waals surface area contributed by atoms with Crippen molar-refractivity contribution in [2.24, 2.45) is 7.05 Å². The Morgan fingerprint density at radius 3 is 2.81 bits per heavy atom. The fraction of sp³-hybridized carbons (Fsp3) is 0.211. The van der Waals surface area contributed by atoms with Crippen molar-refractivity contribution in [2.45, 2.75) is 6.42 Å². The molecule has 2 heterocycles. The molecule has 0 aliphatic rings. The lowest BCUT2D eigenvalue weighted by Crippen LogP contribution is -2.01. The SMILES string of the molecule is Cn1c(Cc2nc3ccc(OCCO)cc3o2)nc2cc(C(=O)O)ccc21. The Labute approximate surface area is 153 Å². The number of aromatic carboxylic acids is 1. The highest BCUT2D eigenvalue weighted by molar-refractivity contribution is 5.92. The molecule has 4 aromatic rings. The second-order valence-electron chi connectivity index (χ2n) is 6.08. The molecule has 0 aliphatic heterocycles. The van der Waals surface area contributed by atoms with E-state index in [1.165, 1.54) is 0 Å². The van der Waals surface area contributed by atoms with Gasteiger partial charge >= 0.3 is 5.97 Å². The van der Waals surface area contributed by atoms with Gasteiger partial charge in [-0.15, -0.1) is 0 Å². The van der Waals surface area contributed by atoms with Crippen LogP contribution in [0, 0.1) is 0 Å². The summed E-state index contributed by atoms with van der Waals surface area (Å²) >= 11 is 0. The third kappa shape index (κ3) is 3.22. The van der Waals surface area contributed by atoms with Gasteiger partial charge in [0.15, 0.2) is 5.58 Å². The van der Waals surface area contributed by atoms with Crippen LogP contribution < -0.4 is 4.74 Å². The lowest BCUT2D eigenvalue weighted by molar-refractivity contribution is 0.0697. The molecule has 0 unspecified atom stereocenters. The molecule has 138 valence electrons. The fourth-order valence-corrected chi connectivity index (χ4v) is 2.96. The Balaban J connectivity index is 1.65. The molecular formula is C19H17N3O5. The number of oxazole rings is 1. The zero-order chi connectivity index (χ0) is 19.0. The van der Waals surface area contributed by atoms with Crippen molar-refractivity contribution in [3.8, 4) is 5.75 Å². The summed E-state index contributed by atoms with van der Waals surface area (Å²) in [4.78, 5) is 20.1. The van der Waals surface area contributed by atoms with Crippen LogP contribution in [0.4, 0.5) is 0 Å². The number of hydrogen-bond acceptors (Lipinski definition) is 6. The molecule has 0 fully saturated rings. The molecule has 8 nitrogen and oxygen atoms in total. The number of ether oxygens (including phenoxy) is 1. The first-order valence-corrected chi connectivity index (χ1v) is 8.37. The van der Waals surface area contributed by atoms with Gasteiger partial charge in [-0.1, -0.05) is 0 Å². The molecule has 0 amide bonds. The van der Waals surface area contributed by atoms with Crippen LogP contribution in [0.25, 0.3) is 22.1 Å². The largest absolute Gasteiger partial charge is 0.491 e. The van der Waals surface area contributed by atoms with Crippen LogP contribution in [-0.4, -0.2) is 43.9 Å². The predicted octanol–water partition coefficient (Wildman–Crippen LogP) is 2.37. The number of imidazole rings is 1. The molecule has 0 atom stereocenters. The summed E-state index contributed by atoms with van der Waals surface area (Å²) in [5.74, 6) is 0.836. The van der Waals surface area contributed by atoms with E-state index in [1.807, 2.05) is 11.6 Å². The van der Waals surface area contributed by atoms with Crippen LogP contribution in [0.15, 0.2) is 40.8 Å². The molecule has 2 N–H and O–H groups in total. The lowest BCUT2D eigenvalue weighted by atomic mass is 10.2. The van der Waals surface area contributed by atoms with E-state index in [1.54, 1.807) is 36.4 Å². The molecule has 0 aliphatic carbocycles. The summed E-state index contributed by atoms with van der Waals surface area (Å²) < 4.78 is 13.1. The molecule has 0 spiro atoms. The first-order valence-electron chi connectivity index (χ1n) is 8.37. The molecule has 8 heteroatoms. The van der Waals surface area contributed by atoms with Gasteiger partial charge in [0.1, 0.15) is 23.7 Å². The number of carboxylic acids is 1. The van der Waals surface area contributed by atoms with Crippen LogP contribution in [0.1, 0.15) is 22.1 Å². The summed E-state index contributed by atoms with van der Waals surface area (Å²) in [6.07, 6.45) is 0.370. The maximum Gasteiger partial charge on any atom is 0.335 e. The first kappa shape index (κ1) is 17.0. The number of aryl methyl sites for hydroxylation is 1. The molecular weight excluding hydrogens is 350 g/mol. The van der Waals surface area contributed by atoms with Gasteiger partial charge in [-0.25, -0.2) is 14.8 Å². The molecule has 0 radical (unpaired) electrons. The molecule has 0 saturated carbocycles. The van der Waals surface area contributed by atoms with E-state index in [0.717, 1.165) is 11.3 Å². The van der Waals surface area contributed by atoms with Crippen LogP contribution in [-0.2, 0) is 13.5 Å². The van der Waals surface area contributed by atoms with E-state index >= 15 is 0 Å². The van der Waals surface area contributed by atoms with Crippen molar-refractivity contribution in [3.05, 3.63) is 53.7 Å². The summed E-state index contributed by atoms with van der Waals surface area (Å²) in [7, 11) is 1.87. The van der Waals surface area contributed by atoms with Crippen LogP contribution in [0.5, 0.6) is 5.75 Å². The molecule has 27 heavy (non-hydrogen) atoms. The van der Waals surface area contributed by atoms with Crippen molar-refractivity contribution in [1.29, 1.82) is 0 Å². The Morgan fingerprint density at radius 2 is 2.04 bits per heavy atom. The fourth-order valence-electron chi connectivity index (χ4n) is 2.96. The van der Waals surface area contributed by atoms with Crippen molar-refractivity contribution in [2.75, 3.05) is 13.2 Å². The maximum atomic E-state index is 11.1. The number of hydrogen-bond donors (Lipinski definition) is 2. The lowest BCUT2D eigenvalue weighted by Gasteiger charge is -2.02. The third-order valence-electron chi connectivity index (χ3n) is 4.29. The van der Waals surface area contributed by atoms with Crippen molar-refractivity contribution >= 4 is 28.1 Å². The average Bonchev–Trinajstić information content (AvgIpc) is 3.20. The van der Waals surface area contributed by atoms with Crippen molar-refractivity contribution in [3.63, 3.8) is 0 Å². The summed E-state index contributed by atoms with van der Waals surface area (Å²) in [5.41, 5.74) is 2.94. The average molecular weight is 367 g/mol. The zero-order valence-electron chi connectivity index (χ0n) is 14.5. The van der Waals surface area contributed by atoms with E-state index in [2.05, 4.69) is 9.97 Å². The Hall–Kier alpha value is -3.39. The maximum absolute atomic E-state index is 11.1. The number of aromatic nitrogens is 3. The molecule has 2 aromatic carbocycles. The van der Waals surface area contributed by atoms with Crippen molar-refractivity contribution < 1.29 is 24.2 Å². The van der Waals surface area contributed by atoms with Crippen molar-refractivity contribution in [1.82, 2.24) is 14.5 Å². The second kappa shape index (κ2) is 6.73. The minimum absolute atomic E-state index is 0.0595. The topological polar surface area (TPSA) is 111 Å². The Bertz CT molecular complexity index is 1150. The number of benzene rings is 2. The highest BCUT2D eigenvalue weighted by Gasteiger charge is 2.14. The summed E-state index contributed by atoms with van der Waals surface area (Å²) in [6.45, 7) is 0.153.